The van der Waals surface area contributed by atoms with Crippen molar-refractivity contribution < 1.29 is 13.5 Å². The Bertz CT molecular complexity index is 745. The van der Waals surface area contributed by atoms with Crippen molar-refractivity contribution in [1.82, 2.24) is 4.72 Å². The maximum absolute atomic E-state index is 12.5. The second-order valence-electron chi connectivity index (χ2n) is 5.24. The Kier molecular flexibility index (Phi) is 6.18. The highest BCUT2D eigenvalue weighted by Gasteiger charge is 2.22. The van der Waals surface area contributed by atoms with Crippen molar-refractivity contribution in [3.8, 4) is 0 Å². The Labute approximate surface area is 142 Å². The van der Waals surface area contributed by atoms with E-state index < -0.39 is 16.1 Å². The average Bonchev–Trinajstić information content (AvgIpc) is 2.55. The van der Waals surface area contributed by atoms with Crippen molar-refractivity contribution in [2.24, 2.45) is 0 Å². The van der Waals surface area contributed by atoms with Crippen LogP contribution in [0.5, 0.6) is 0 Å². The van der Waals surface area contributed by atoms with Crippen LogP contribution in [0.15, 0.2) is 53.4 Å². The molecule has 0 radical (unpaired) electrons. The first-order valence-corrected chi connectivity index (χ1v) is 9.34. The van der Waals surface area contributed by atoms with Crippen LogP contribution in [-0.4, -0.2) is 20.1 Å². The zero-order valence-electron chi connectivity index (χ0n) is 12.9. The highest BCUT2D eigenvalue weighted by atomic mass is 35.5. The van der Waals surface area contributed by atoms with Crippen LogP contribution in [0.3, 0.4) is 0 Å². The fourth-order valence-electron chi connectivity index (χ4n) is 2.24. The summed E-state index contributed by atoms with van der Waals surface area (Å²) < 4.78 is 27.5. The van der Waals surface area contributed by atoms with Crippen LogP contribution >= 0.6 is 11.6 Å². The van der Waals surface area contributed by atoms with Crippen LogP contribution in [0.1, 0.15) is 37.0 Å². The summed E-state index contributed by atoms with van der Waals surface area (Å²) in [6.45, 7) is 2.37. The van der Waals surface area contributed by atoms with Gasteiger partial charge in [-0.25, -0.2) is 13.1 Å². The Morgan fingerprint density at radius 1 is 1.13 bits per heavy atom. The summed E-state index contributed by atoms with van der Waals surface area (Å²) in [7, 11) is -3.66. The van der Waals surface area contributed by atoms with E-state index in [0.717, 1.165) is 12.8 Å². The summed E-state index contributed by atoms with van der Waals surface area (Å²) in [5.74, 6) is 0. The van der Waals surface area contributed by atoms with Gasteiger partial charge in [0, 0.05) is 17.1 Å². The lowest BCUT2D eigenvalue weighted by atomic mass is 10.0. The number of nitrogens with one attached hydrogen (secondary N) is 1. The Morgan fingerprint density at radius 3 is 2.43 bits per heavy atom. The summed E-state index contributed by atoms with van der Waals surface area (Å²) in [5.41, 5.74) is 0.935. The summed E-state index contributed by atoms with van der Waals surface area (Å²) in [5, 5.41) is 11.1. The van der Waals surface area contributed by atoms with E-state index in [1.807, 2.05) is 6.92 Å². The first-order chi connectivity index (χ1) is 11.0. The predicted molar refractivity (Wildman–Crippen MR) is 92.1 cm³/mol. The van der Waals surface area contributed by atoms with E-state index in [-0.39, 0.29) is 4.90 Å². The Morgan fingerprint density at radius 2 is 1.78 bits per heavy atom. The van der Waals surface area contributed by atoms with Gasteiger partial charge in [-0.2, -0.15) is 0 Å². The number of sulfonamides is 1. The molecule has 1 unspecified atom stereocenters. The zero-order valence-corrected chi connectivity index (χ0v) is 14.4. The minimum Gasteiger partial charge on any atom is -0.384 e. The van der Waals surface area contributed by atoms with Gasteiger partial charge in [0.25, 0.3) is 0 Å². The van der Waals surface area contributed by atoms with Crippen molar-refractivity contribution in [2.75, 3.05) is 6.54 Å². The van der Waals surface area contributed by atoms with E-state index >= 15 is 0 Å². The van der Waals surface area contributed by atoms with Gasteiger partial charge in [-0.05, 0) is 30.2 Å². The SMILES string of the molecule is CCCCNS(=O)(=O)c1ccccc1C(O)c1ccc(Cl)cc1. The van der Waals surface area contributed by atoms with Gasteiger partial charge in [0.2, 0.25) is 10.0 Å². The summed E-state index contributed by atoms with van der Waals surface area (Å²) in [4.78, 5) is 0.0959. The number of unbranched alkanes of at least 4 members (excludes halogenated alkanes) is 1. The largest absolute Gasteiger partial charge is 0.384 e. The number of hydrogen-bond acceptors (Lipinski definition) is 3. The smallest absolute Gasteiger partial charge is 0.240 e. The van der Waals surface area contributed by atoms with Crippen LogP contribution < -0.4 is 4.72 Å². The lowest BCUT2D eigenvalue weighted by molar-refractivity contribution is 0.217. The first kappa shape index (κ1) is 17.9. The highest BCUT2D eigenvalue weighted by molar-refractivity contribution is 7.89. The fraction of sp³-hybridized carbons (Fsp3) is 0.294. The van der Waals surface area contributed by atoms with Gasteiger partial charge >= 0.3 is 0 Å². The predicted octanol–water partition coefficient (Wildman–Crippen LogP) is 3.50. The van der Waals surface area contributed by atoms with Crippen LogP contribution in [-0.2, 0) is 10.0 Å². The molecule has 0 bridgehead atoms. The minimum absolute atomic E-state index is 0.0959. The molecule has 2 aromatic carbocycles. The number of halogens is 1. The van der Waals surface area contributed by atoms with Crippen LogP contribution in [0.2, 0.25) is 5.02 Å². The molecule has 0 aliphatic carbocycles. The molecular formula is C17H20ClNO3S. The molecule has 0 spiro atoms. The van der Waals surface area contributed by atoms with Crippen molar-refractivity contribution in [1.29, 1.82) is 0 Å². The van der Waals surface area contributed by atoms with Crippen molar-refractivity contribution in [2.45, 2.75) is 30.8 Å². The number of aliphatic hydroxyl groups excluding tert-OH is 1. The summed E-state index contributed by atoms with van der Waals surface area (Å²) >= 11 is 5.85. The summed E-state index contributed by atoms with van der Waals surface area (Å²) in [6.07, 6.45) is 0.629. The van der Waals surface area contributed by atoms with Gasteiger partial charge in [-0.15, -0.1) is 0 Å². The quantitative estimate of drug-likeness (QED) is 0.749. The molecule has 1 atom stereocenters. The fourth-order valence-corrected chi connectivity index (χ4v) is 3.68. The maximum atomic E-state index is 12.5. The summed E-state index contributed by atoms with van der Waals surface area (Å²) in [6, 6.07) is 13.2. The molecule has 0 saturated carbocycles. The zero-order chi connectivity index (χ0) is 16.9. The van der Waals surface area contributed by atoms with E-state index in [2.05, 4.69) is 4.72 Å². The molecular weight excluding hydrogens is 334 g/mol. The van der Waals surface area contributed by atoms with E-state index in [1.54, 1.807) is 42.5 Å². The standard InChI is InChI=1S/C17H20ClNO3S/c1-2-3-12-19-23(21,22)16-7-5-4-6-15(16)17(20)13-8-10-14(18)11-9-13/h4-11,17,19-20H,2-3,12H2,1H3. The molecule has 0 aliphatic heterocycles. The molecule has 0 saturated heterocycles. The van der Waals surface area contributed by atoms with E-state index in [4.69, 9.17) is 11.6 Å². The van der Waals surface area contributed by atoms with Crippen LogP contribution in [0.4, 0.5) is 0 Å². The van der Waals surface area contributed by atoms with Gasteiger partial charge in [0.1, 0.15) is 6.10 Å². The third kappa shape index (κ3) is 4.54. The highest BCUT2D eigenvalue weighted by Crippen LogP contribution is 2.28. The molecule has 0 aromatic heterocycles. The van der Waals surface area contributed by atoms with E-state index in [9.17, 15) is 13.5 Å². The normalized spacial score (nSPS) is 13.0. The Balaban J connectivity index is 2.35. The minimum atomic E-state index is -3.66. The topological polar surface area (TPSA) is 66.4 Å². The van der Waals surface area contributed by atoms with Gasteiger partial charge in [0.15, 0.2) is 0 Å². The maximum Gasteiger partial charge on any atom is 0.240 e. The van der Waals surface area contributed by atoms with Gasteiger partial charge in [0.05, 0.1) is 4.90 Å². The van der Waals surface area contributed by atoms with Crippen molar-refractivity contribution in [3.63, 3.8) is 0 Å². The molecule has 23 heavy (non-hydrogen) atoms. The molecule has 0 heterocycles. The molecule has 0 aliphatic rings. The second kappa shape index (κ2) is 7.93. The molecule has 2 N–H and O–H groups in total. The number of hydrogen-bond donors (Lipinski definition) is 2. The molecule has 4 nitrogen and oxygen atoms in total. The molecule has 2 aromatic rings. The average molecular weight is 354 g/mol. The van der Waals surface area contributed by atoms with Crippen LogP contribution in [0.25, 0.3) is 0 Å². The van der Waals surface area contributed by atoms with Gasteiger partial charge < -0.3 is 5.11 Å². The molecule has 0 amide bonds. The van der Waals surface area contributed by atoms with E-state index in [0.29, 0.717) is 22.7 Å². The lowest BCUT2D eigenvalue weighted by Crippen LogP contribution is -2.26. The van der Waals surface area contributed by atoms with Gasteiger partial charge in [-0.3, -0.25) is 0 Å². The third-order valence-electron chi connectivity index (χ3n) is 3.51. The third-order valence-corrected chi connectivity index (χ3v) is 5.30. The second-order valence-corrected chi connectivity index (χ2v) is 7.42. The molecule has 6 heteroatoms. The monoisotopic (exact) mass is 353 g/mol. The molecule has 2 rings (SSSR count). The van der Waals surface area contributed by atoms with Crippen molar-refractivity contribution in [3.05, 3.63) is 64.7 Å². The molecule has 0 fully saturated rings. The Hall–Kier alpha value is -1.40. The number of benzene rings is 2. The van der Waals surface area contributed by atoms with Crippen LogP contribution in [0, 0.1) is 0 Å². The lowest BCUT2D eigenvalue weighted by Gasteiger charge is -2.16. The first-order valence-electron chi connectivity index (χ1n) is 7.48. The van der Waals surface area contributed by atoms with Crippen molar-refractivity contribution >= 4 is 21.6 Å². The molecule has 124 valence electrons. The van der Waals surface area contributed by atoms with E-state index in [1.165, 1.54) is 6.07 Å². The van der Waals surface area contributed by atoms with Gasteiger partial charge in [-0.1, -0.05) is 55.3 Å². The number of aliphatic hydroxyl groups is 1. The number of rotatable bonds is 7.